The maximum Gasteiger partial charge on any atom is 0.339 e. The molecule has 1 atom stereocenters. The first kappa shape index (κ1) is 24.6. The first-order valence-electron chi connectivity index (χ1n) is 11.3. The summed E-state index contributed by atoms with van der Waals surface area (Å²) >= 11 is 6.26. The Labute approximate surface area is 209 Å². The fourth-order valence-electron chi connectivity index (χ4n) is 4.40. The van der Waals surface area contributed by atoms with Crippen LogP contribution in [0.1, 0.15) is 51.6 Å². The topological polar surface area (TPSA) is 94.0 Å². The van der Waals surface area contributed by atoms with Gasteiger partial charge >= 0.3 is 5.97 Å². The quantitative estimate of drug-likeness (QED) is 0.443. The molecule has 1 aliphatic rings. The highest BCUT2D eigenvalue weighted by Crippen LogP contribution is 2.40. The SMILES string of the molecule is COc1ccc(OC)c([C@@H]2CCCN2c2ncc(C(=O)O)c(COc3cc(C)c(Cl)c(C)c3)n2)c1. The number of methoxy groups -OCH3 is 2. The molecule has 0 unspecified atom stereocenters. The molecule has 35 heavy (non-hydrogen) atoms. The zero-order valence-electron chi connectivity index (χ0n) is 20.2. The number of carboxylic acid groups (broad SMARTS) is 1. The van der Waals surface area contributed by atoms with Crippen molar-refractivity contribution in [3.63, 3.8) is 0 Å². The zero-order chi connectivity index (χ0) is 25.1. The second-order valence-electron chi connectivity index (χ2n) is 8.45. The highest BCUT2D eigenvalue weighted by atomic mass is 35.5. The number of carbonyl (C=O) groups is 1. The van der Waals surface area contributed by atoms with Crippen LogP contribution < -0.4 is 19.1 Å². The predicted molar refractivity (Wildman–Crippen MR) is 133 cm³/mol. The number of aromatic nitrogens is 2. The molecule has 2 aromatic carbocycles. The fraction of sp³-hybridized carbons (Fsp3) is 0.346. The third kappa shape index (κ3) is 5.12. The van der Waals surface area contributed by atoms with Crippen molar-refractivity contribution < 1.29 is 24.1 Å². The number of rotatable bonds is 8. The molecule has 8 nitrogen and oxygen atoms in total. The zero-order valence-corrected chi connectivity index (χ0v) is 20.9. The van der Waals surface area contributed by atoms with Crippen molar-refractivity contribution in [2.75, 3.05) is 25.7 Å². The lowest BCUT2D eigenvalue weighted by molar-refractivity contribution is 0.0692. The highest BCUT2D eigenvalue weighted by Gasteiger charge is 2.31. The highest BCUT2D eigenvalue weighted by molar-refractivity contribution is 6.32. The van der Waals surface area contributed by atoms with Crippen molar-refractivity contribution in [1.29, 1.82) is 0 Å². The van der Waals surface area contributed by atoms with E-state index in [-0.39, 0.29) is 18.2 Å². The summed E-state index contributed by atoms with van der Waals surface area (Å²) in [7, 11) is 3.26. The summed E-state index contributed by atoms with van der Waals surface area (Å²) in [5.74, 6) is 1.43. The van der Waals surface area contributed by atoms with Gasteiger partial charge in [-0.15, -0.1) is 0 Å². The van der Waals surface area contributed by atoms with Crippen molar-refractivity contribution in [3.8, 4) is 17.2 Å². The Balaban J connectivity index is 1.65. The van der Waals surface area contributed by atoms with Crippen LogP contribution in [0.4, 0.5) is 5.95 Å². The lowest BCUT2D eigenvalue weighted by Gasteiger charge is -2.27. The van der Waals surface area contributed by atoms with Crippen molar-refractivity contribution in [2.24, 2.45) is 0 Å². The van der Waals surface area contributed by atoms with E-state index in [0.29, 0.717) is 22.4 Å². The molecule has 0 spiro atoms. The number of anilines is 1. The molecule has 1 aliphatic heterocycles. The van der Waals surface area contributed by atoms with Gasteiger partial charge in [0, 0.05) is 23.3 Å². The summed E-state index contributed by atoms with van der Waals surface area (Å²) in [4.78, 5) is 23.0. The molecule has 1 aromatic heterocycles. The molecule has 0 aliphatic carbocycles. The summed E-state index contributed by atoms with van der Waals surface area (Å²) in [6.45, 7) is 4.51. The molecule has 3 aromatic rings. The minimum absolute atomic E-state index is 0.00543. The molecule has 2 heterocycles. The summed E-state index contributed by atoms with van der Waals surface area (Å²) in [6.07, 6.45) is 3.16. The number of aryl methyl sites for hydroxylation is 2. The minimum atomic E-state index is -1.11. The number of nitrogens with zero attached hydrogens (tertiary/aromatic N) is 3. The smallest absolute Gasteiger partial charge is 0.339 e. The Kier molecular flexibility index (Phi) is 7.31. The number of carboxylic acids is 1. The Morgan fingerprint density at radius 3 is 2.54 bits per heavy atom. The molecule has 184 valence electrons. The van der Waals surface area contributed by atoms with Crippen LogP contribution >= 0.6 is 11.6 Å². The molecule has 0 saturated carbocycles. The first-order valence-corrected chi connectivity index (χ1v) is 11.7. The van der Waals surface area contributed by atoms with Crippen molar-refractivity contribution in [3.05, 3.63) is 69.5 Å². The number of aromatic carboxylic acids is 1. The van der Waals surface area contributed by atoms with Gasteiger partial charge in [0.1, 0.15) is 29.4 Å². The molecule has 0 amide bonds. The lowest BCUT2D eigenvalue weighted by Crippen LogP contribution is -2.26. The lowest BCUT2D eigenvalue weighted by atomic mass is 10.0. The van der Waals surface area contributed by atoms with E-state index in [1.807, 2.05) is 44.2 Å². The molecule has 1 N–H and O–H groups in total. The van der Waals surface area contributed by atoms with Gasteiger partial charge in [-0.3, -0.25) is 0 Å². The number of benzene rings is 2. The van der Waals surface area contributed by atoms with Gasteiger partial charge in [0.2, 0.25) is 5.95 Å². The van der Waals surface area contributed by atoms with Crippen LogP contribution in [-0.2, 0) is 6.61 Å². The van der Waals surface area contributed by atoms with Gasteiger partial charge in [0.15, 0.2) is 0 Å². The largest absolute Gasteiger partial charge is 0.497 e. The van der Waals surface area contributed by atoms with E-state index in [4.69, 9.17) is 25.8 Å². The van der Waals surface area contributed by atoms with E-state index in [1.54, 1.807) is 14.2 Å². The van der Waals surface area contributed by atoms with Crippen LogP contribution in [-0.4, -0.2) is 41.8 Å². The summed E-state index contributed by atoms with van der Waals surface area (Å²) in [5, 5.41) is 10.4. The molecular formula is C26H28ClN3O5. The van der Waals surface area contributed by atoms with Crippen molar-refractivity contribution in [2.45, 2.75) is 39.3 Å². The molecule has 4 rings (SSSR count). The maximum absolute atomic E-state index is 11.9. The number of ether oxygens (including phenoxy) is 3. The molecule has 1 saturated heterocycles. The second kappa shape index (κ2) is 10.4. The van der Waals surface area contributed by atoms with E-state index < -0.39 is 5.97 Å². The molecule has 1 fully saturated rings. The standard InChI is InChI=1S/C26H28ClN3O5/c1-15-10-18(11-16(2)24(15)27)35-14-21-20(25(31)32)13-28-26(29-21)30-9-5-6-22(30)19-12-17(33-3)7-8-23(19)34-4/h7-8,10-13,22H,5-6,9,14H2,1-4H3,(H,31,32)/t22-/m0/s1. The summed E-state index contributed by atoms with van der Waals surface area (Å²) in [5.41, 5.74) is 3.05. The predicted octanol–water partition coefficient (Wildman–Crippen LogP) is 5.38. The van der Waals surface area contributed by atoms with Crippen molar-refractivity contribution >= 4 is 23.5 Å². The van der Waals surface area contributed by atoms with E-state index in [0.717, 1.165) is 47.6 Å². The monoisotopic (exact) mass is 497 g/mol. The molecule has 9 heteroatoms. The Morgan fingerprint density at radius 2 is 1.89 bits per heavy atom. The van der Waals surface area contributed by atoms with Gasteiger partial charge in [-0.2, -0.15) is 0 Å². The molecule has 0 radical (unpaired) electrons. The van der Waals surface area contributed by atoms with E-state index in [9.17, 15) is 9.90 Å². The number of hydrogen-bond acceptors (Lipinski definition) is 7. The van der Waals surface area contributed by atoms with E-state index in [1.165, 1.54) is 6.20 Å². The first-order chi connectivity index (χ1) is 16.8. The van der Waals surface area contributed by atoms with Crippen LogP contribution in [0.25, 0.3) is 0 Å². The third-order valence-electron chi connectivity index (χ3n) is 6.18. The van der Waals surface area contributed by atoms with Gasteiger partial charge in [0.25, 0.3) is 0 Å². The fourth-order valence-corrected chi connectivity index (χ4v) is 4.51. The normalized spacial score (nSPS) is 15.2. The number of halogens is 1. The van der Waals surface area contributed by atoms with Crippen molar-refractivity contribution in [1.82, 2.24) is 9.97 Å². The average molecular weight is 498 g/mol. The summed E-state index contributed by atoms with van der Waals surface area (Å²) in [6, 6.07) is 9.31. The van der Waals surface area contributed by atoms with E-state index in [2.05, 4.69) is 14.9 Å². The van der Waals surface area contributed by atoms with Crippen LogP contribution in [0.3, 0.4) is 0 Å². The van der Waals surface area contributed by atoms with E-state index >= 15 is 0 Å². The van der Waals surface area contributed by atoms with Gasteiger partial charge in [-0.05, 0) is 68.1 Å². The van der Waals surface area contributed by atoms with Gasteiger partial charge in [-0.1, -0.05) is 11.6 Å². The minimum Gasteiger partial charge on any atom is -0.497 e. The van der Waals surface area contributed by atoms with Gasteiger partial charge < -0.3 is 24.2 Å². The van der Waals surface area contributed by atoms with Crippen LogP contribution in [0, 0.1) is 13.8 Å². The van der Waals surface area contributed by atoms with Gasteiger partial charge in [-0.25, -0.2) is 14.8 Å². The van der Waals surface area contributed by atoms with Gasteiger partial charge in [0.05, 0.1) is 26.0 Å². The van der Waals surface area contributed by atoms with Crippen LogP contribution in [0.5, 0.6) is 17.2 Å². The average Bonchev–Trinajstić information content (AvgIpc) is 3.35. The molecule has 0 bridgehead atoms. The molecular weight excluding hydrogens is 470 g/mol. The third-order valence-corrected chi connectivity index (χ3v) is 6.77. The van der Waals surface area contributed by atoms with Crippen LogP contribution in [0.2, 0.25) is 5.02 Å². The Hall–Kier alpha value is -3.52. The summed E-state index contributed by atoms with van der Waals surface area (Å²) < 4.78 is 16.9. The van der Waals surface area contributed by atoms with Crippen LogP contribution in [0.15, 0.2) is 36.5 Å². The maximum atomic E-state index is 11.9. The number of hydrogen-bond donors (Lipinski definition) is 1. The Bertz CT molecular complexity index is 1230. The second-order valence-corrected chi connectivity index (χ2v) is 8.83. The Morgan fingerprint density at radius 1 is 1.14 bits per heavy atom.